The van der Waals surface area contributed by atoms with E-state index in [4.69, 9.17) is 16.3 Å². The Kier molecular flexibility index (Phi) is 4.65. The monoisotopic (exact) mass is 315 g/mol. The molecule has 0 radical (unpaired) electrons. The van der Waals surface area contributed by atoms with Gasteiger partial charge in [0.25, 0.3) is 5.69 Å². The third kappa shape index (κ3) is 3.31. The molecule has 0 saturated heterocycles. The molecule has 2 rings (SSSR count). The van der Waals surface area contributed by atoms with Crippen LogP contribution >= 0.6 is 0 Å². The van der Waals surface area contributed by atoms with E-state index in [0.29, 0.717) is 22.8 Å². The molecule has 0 spiro atoms. The van der Waals surface area contributed by atoms with Crippen LogP contribution in [0.1, 0.15) is 5.56 Å². The van der Waals surface area contributed by atoms with Gasteiger partial charge in [-0.25, -0.2) is 0 Å². The van der Waals surface area contributed by atoms with Crippen molar-refractivity contribution >= 4 is 22.9 Å². The van der Waals surface area contributed by atoms with E-state index in [0.717, 1.165) is 5.69 Å². The van der Waals surface area contributed by atoms with Gasteiger partial charge in [0.05, 0.1) is 12.0 Å². The van der Waals surface area contributed by atoms with E-state index in [9.17, 15) is 10.1 Å². The summed E-state index contributed by atoms with van der Waals surface area (Å²) in [6.45, 7) is 0. The average Bonchev–Trinajstić information content (AvgIpc) is 2.56. The second-order valence-corrected chi connectivity index (χ2v) is 4.74. The van der Waals surface area contributed by atoms with Crippen molar-refractivity contribution in [3.63, 3.8) is 0 Å². The van der Waals surface area contributed by atoms with Crippen LogP contribution in [0.25, 0.3) is 0 Å². The molecule has 0 amide bonds. The zero-order chi connectivity index (χ0) is 17.0. The van der Waals surface area contributed by atoms with Crippen molar-refractivity contribution < 1.29 is 9.66 Å². The Morgan fingerprint density at radius 3 is 2.43 bits per heavy atom. The smallest absolute Gasteiger partial charge is 0.270 e. The lowest BCUT2D eigenvalue weighted by Crippen LogP contribution is -2.29. The minimum absolute atomic E-state index is 0.0847. The lowest BCUT2D eigenvalue weighted by Gasteiger charge is -2.22. The molecular weight excluding hydrogens is 298 g/mol. The summed E-state index contributed by atoms with van der Waals surface area (Å²) in [5.74, 6) is 6.52. The van der Waals surface area contributed by atoms with Crippen LogP contribution in [0.5, 0.6) is 5.75 Å². The number of hydrogen-bond donors (Lipinski definition) is 2. The molecule has 120 valence electrons. The number of non-ortho nitro benzene ring substituents is 1. The van der Waals surface area contributed by atoms with Crippen LogP contribution in [0, 0.1) is 10.1 Å². The van der Waals surface area contributed by atoms with Crippen LogP contribution in [-0.2, 0) is 0 Å². The van der Waals surface area contributed by atoms with E-state index >= 15 is 0 Å². The van der Waals surface area contributed by atoms with Gasteiger partial charge in [0.15, 0.2) is 5.84 Å². The molecule has 0 unspecified atom stereocenters. The topological polar surface area (TPSA) is 120 Å². The van der Waals surface area contributed by atoms with Crippen LogP contribution in [0.4, 0.5) is 17.1 Å². The fourth-order valence-electron chi connectivity index (χ4n) is 2.12. The van der Waals surface area contributed by atoms with Crippen molar-refractivity contribution in [2.75, 3.05) is 24.8 Å². The molecule has 0 aliphatic carbocycles. The van der Waals surface area contributed by atoms with Crippen LogP contribution in [0.3, 0.4) is 0 Å². The standard InChI is InChI=1S/C15H17N5O3/c1-19(10-3-6-12(23-2)7-4-10)15(18-17)13-9-11(20(21)22)5-8-14(13)16/h3-9H,16-17H2,1-2H3/b18-15+. The lowest BCUT2D eigenvalue weighted by atomic mass is 10.1. The summed E-state index contributed by atoms with van der Waals surface area (Å²) in [6, 6.07) is 11.4. The maximum Gasteiger partial charge on any atom is 0.270 e. The molecule has 0 saturated carbocycles. The number of nitro groups is 1. The molecule has 0 bridgehead atoms. The third-order valence-corrected chi connectivity index (χ3v) is 3.39. The van der Waals surface area contributed by atoms with Crippen molar-refractivity contribution in [2.45, 2.75) is 0 Å². The summed E-state index contributed by atoms with van der Waals surface area (Å²) in [5, 5.41) is 14.7. The third-order valence-electron chi connectivity index (χ3n) is 3.39. The summed E-state index contributed by atoms with van der Waals surface area (Å²) < 4.78 is 5.11. The Bertz CT molecular complexity index is 743. The molecule has 0 aromatic heterocycles. The number of methoxy groups -OCH3 is 1. The molecule has 0 atom stereocenters. The quantitative estimate of drug-likeness (QED) is 0.222. The number of hydrazone groups is 1. The zero-order valence-electron chi connectivity index (χ0n) is 12.8. The molecule has 23 heavy (non-hydrogen) atoms. The molecule has 0 aliphatic heterocycles. The van der Waals surface area contributed by atoms with Crippen molar-refractivity contribution in [3.05, 3.63) is 58.1 Å². The Morgan fingerprint density at radius 1 is 1.26 bits per heavy atom. The molecule has 2 aromatic carbocycles. The Labute approximate surface area is 133 Å². The number of nitro benzene ring substituents is 1. The second kappa shape index (κ2) is 6.65. The van der Waals surface area contributed by atoms with E-state index in [1.807, 2.05) is 12.1 Å². The first-order valence-electron chi connectivity index (χ1n) is 6.68. The zero-order valence-corrected chi connectivity index (χ0v) is 12.8. The SMILES string of the molecule is COc1ccc(N(C)/C(=N/N)c2cc([N+](=O)[O-])ccc2N)cc1. The van der Waals surface area contributed by atoms with Crippen LogP contribution < -0.4 is 21.2 Å². The van der Waals surface area contributed by atoms with Gasteiger partial charge in [-0.3, -0.25) is 10.1 Å². The van der Waals surface area contributed by atoms with Crippen molar-refractivity contribution in [2.24, 2.45) is 10.9 Å². The summed E-state index contributed by atoms with van der Waals surface area (Å²) in [4.78, 5) is 12.1. The Morgan fingerprint density at radius 2 is 1.91 bits per heavy atom. The number of anilines is 2. The molecule has 0 heterocycles. The number of hydrogen-bond acceptors (Lipinski definition) is 6. The molecule has 0 aliphatic rings. The highest BCUT2D eigenvalue weighted by molar-refractivity contribution is 6.12. The lowest BCUT2D eigenvalue weighted by molar-refractivity contribution is -0.384. The normalized spacial score (nSPS) is 11.1. The Hall–Kier alpha value is -3.29. The second-order valence-electron chi connectivity index (χ2n) is 4.74. The number of benzene rings is 2. The van der Waals surface area contributed by atoms with E-state index in [1.165, 1.54) is 18.2 Å². The summed E-state index contributed by atoms with van der Waals surface area (Å²) in [5.41, 5.74) is 7.35. The molecule has 4 N–H and O–H groups in total. The van der Waals surface area contributed by atoms with Gasteiger partial charge < -0.3 is 21.2 Å². The molecule has 8 nitrogen and oxygen atoms in total. The van der Waals surface area contributed by atoms with Gasteiger partial charge in [-0.2, -0.15) is 5.10 Å². The maximum absolute atomic E-state index is 11.0. The molecule has 8 heteroatoms. The summed E-state index contributed by atoms with van der Waals surface area (Å²) in [6.07, 6.45) is 0. The first kappa shape index (κ1) is 16.1. The number of rotatable bonds is 4. The number of nitrogens with two attached hydrogens (primary N) is 2. The van der Waals surface area contributed by atoms with Gasteiger partial charge in [0.1, 0.15) is 5.75 Å². The molecule has 2 aromatic rings. The average molecular weight is 315 g/mol. The maximum atomic E-state index is 11.0. The van der Waals surface area contributed by atoms with Gasteiger partial charge in [0.2, 0.25) is 0 Å². The van der Waals surface area contributed by atoms with E-state index in [1.54, 1.807) is 31.2 Å². The predicted molar refractivity (Wildman–Crippen MR) is 89.6 cm³/mol. The number of nitrogens with zero attached hydrogens (tertiary/aromatic N) is 3. The summed E-state index contributed by atoms with van der Waals surface area (Å²) >= 11 is 0. The van der Waals surface area contributed by atoms with E-state index in [-0.39, 0.29) is 5.69 Å². The highest BCUT2D eigenvalue weighted by Crippen LogP contribution is 2.25. The molecular formula is C15H17N5O3. The number of amidine groups is 1. The predicted octanol–water partition coefficient (Wildman–Crippen LogP) is 1.94. The number of ether oxygens (including phenoxy) is 1. The number of nitrogen functional groups attached to an aromatic ring is 1. The Balaban J connectivity index is 2.42. The van der Waals surface area contributed by atoms with E-state index in [2.05, 4.69) is 5.10 Å². The fourth-order valence-corrected chi connectivity index (χ4v) is 2.12. The summed E-state index contributed by atoms with van der Waals surface area (Å²) in [7, 11) is 3.32. The minimum Gasteiger partial charge on any atom is -0.497 e. The van der Waals surface area contributed by atoms with Crippen LogP contribution in [0.15, 0.2) is 47.6 Å². The fraction of sp³-hybridized carbons (Fsp3) is 0.133. The van der Waals surface area contributed by atoms with Gasteiger partial charge in [-0.1, -0.05) is 0 Å². The first-order chi connectivity index (χ1) is 11.0. The van der Waals surface area contributed by atoms with Gasteiger partial charge in [0, 0.05) is 36.1 Å². The van der Waals surface area contributed by atoms with E-state index < -0.39 is 4.92 Å². The van der Waals surface area contributed by atoms with Gasteiger partial charge in [-0.05, 0) is 30.3 Å². The first-order valence-corrected chi connectivity index (χ1v) is 6.68. The van der Waals surface area contributed by atoms with Crippen molar-refractivity contribution in [3.8, 4) is 5.75 Å². The highest BCUT2D eigenvalue weighted by atomic mass is 16.6. The van der Waals surface area contributed by atoms with Gasteiger partial charge in [-0.15, -0.1) is 0 Å². The largest absolute Gasteiger partial charge is 0.497 e. The van der Waals surface area contributed by atoms with Gasteiger partial charge >= 0.3 is 0 Å². The van der Waals surface area contributed by atoms with Crippen LogP contribution in [0.2, 0.25) is 0 Å². The van der Waals surface area contributed by atoms with Crippen molar-refractivity contribution in [1.29, 1.82) is 0 Å². The highest BCUT2D eigenvalue weighted by Gasteiger charge is 2.18. The van der Waals surface area contributed by atoms with Crippen LogP contribution in [-0.4, -0.2) is 24.9 Å². The molecule has 0 fully saturated rings. The minimum atomic E-state index is -0.496. The van der Waals surface area contributed by atoms with Crippen molar-refractivity contribution in [1.82, 2.24) is 0 Å².